The lowest BCUT2D eigenvalue weighted by Gasteiger charge is -2.30. The number of benzene rings is 1. The van der Waals surface area contributed by atoms with Crippen LogP contribution < -0.4 is 9.47 Å². The lowest BCUT2D eigenvalue weighted by atomic mass is 10.1. The summed E-state index contributed by atoms with van der Waals surface area (Å²) in [4.78, 5) is 18.7. The quantitative estimate of drug-likeness (QED) is 0.914. The zero-order chi connectivity index (χ0) is 17.4. The van der Waals surface area contributed by atoms with Gasteiger partial charge in [0.05, 0.1) is 30.1 Å². The highest BCUT2D eigenvalue weighted by Crippen LogP contribution is 2.37. The van der Waals surface area contributed by atoms with Gasteiger partial charge in [-0.3, -0.25) is 4.79 Å². The first-order valence-corrected chi connectivity index (χ1v) is 8.48. The summed E-state index contributed by atoms with van der Waals surface area (Å²) in [6, 6.07) is 5.01. The van der Waals surface area contributed by atoms with Gasteiger partial charge in [-0.15, -0.1) is 0 Å². The number of fused-ring (bicyclic) bond motifs is 1. The number of amides is 1. The van der Waals surface area contributed by atoms with Crippen molar-refractivity contribution in [3.63, 3.8) is 0 Å². The minimum absolute atomic E-state index is 0.0629. The van der Waals surface area contributed by atoms with E-state index in [0.717, 1.165) is 12.8 Å². The third kappa shape index (κ3) is 2.74. The summed E-state index contributed by atoms with van der Waals surface area (Å²) in [6.45, 7) is 0.907. The normalized spacial score (nSPS) is 25.0. The van der Waals surface area contributed by atoms with E-state index in [0.29, 0.717) is 30.3 Å². The molecule has 0 saturated heterocycles. The fourth-order valence-electron chi connectivity index (χ4n) is 3.74. The van der Waals surface area contributed by atoms with Crippen molar-refractivity contribution in [3.05, 3.63) is 42.5 Å². The zero-order valence-corrected chi connectivity index (χ0v) is 14.0. The number of likely N-dealkylation sites (N-methyl/N-ethyl adjacent to an activating group) is 1. The van der Waals surface area contributed by atoms with Crippen LogP contribution in [-0.4, -0.2) is 57.9 Å². The molecule has 25 heavy (non-hydrogen) atoms. The molecule has 4 rings (SSSR count). The summed E-state index contributed by atoms with van der Waals surface area (Å²) < 4.78 is 13.1. The molecule has 2 aliphatic rings. The molecule has 1 aromatic carbocycles. The molecule has 1 amide bonds. The summed E-state index contributed by atoms with van der Waals surface area (Å²) in [7, 11) is 1.73. The van der Waals surface area contributed by atoms with Crippen LogP contribution in [0.15, 0.2) is 36.9 Å². The molecule has 1 aliphatic heterocycles. The molecule has 1 saturated carbocycles. The highest BCUT2D eigenvalue weighted by molar-refractivity contribution is 5.98. The average molecular weight is 343 g/mol. The van der Waals surface area contributed by atoms with Crippen LogP contribution in [0, 0.1) is 0 Å². The number of aliphatic hydroxyl groups excluding tert-OH is 1. The molecule has 0 bridgehead atoms. The Kier molecular flexibility index (Phi) is 4.09. The van der Waals surface area contributed by atoms with E-state index >= 15 is 0 Å². The standard InChI is InChI=1S/C18H21N3O4/c1-20(13-5-6-14(16(13)22)21-8-7-19-11-21)18(23)12-3-2-4-15-17(12)25-10-9-24-15/h2-4,7-8,11,13-14,16,22H,5-6,9-10H2,1H3/t13-,14-,16-/m1/s1. The van der Waals surface area contributed by atoms with E-state index in [2.05, 4.69) is 4.98 Å². The van der Waals surface area contributed by atoms with Crippen LogP contribution in [0.4, 0.5) is 0 Å². The molecule has 132 valence electrons. The number of hydrogen-bond donors (Lipinski definition) is 1. The number of para-hydroxylation sites is 1. The first-order chi connectivity index (χ1) is 12.2. The molecular weight excluding hydrogens is 322 g/mol. The zero-order valence-electron chi connectivity index (χ0n) is 14.0. The molecule has 0 spiro atoms. The van der Waals surface area contributed by atoms with Crippen molar-refractivity contribution in [2.24, 2.45) is 0 Å². The van der Waals surface area contributed by atoms with E-state index in [1.807, 2.05) is 10.8 Å². The van der Waals surface area contributed by atoms with Gasteiger partial charge in [0.1, 0.15) is 13.2 Å². The maximum Gasteiger partial charge on any atom is 0.257 e. The molecule has 0 radical (unpaired) electrons. The second-order valence-corrected chi connectivity index (χ2v) is 6.46. The first-order valence-electron chi connectivity index (χ1n) is 8.48. The molecule has 7 nitrogen and oxygen atoms in total. The average Bonchev–Trinajstić information content (AvgIpc) is 3.29. The van der Waals surface area contributed by atoms with Gasteiger partial charge in [-0.2, -0.15) is 0 Å². The molecule has 1 N–H and O–H groups in total. The van der Waals surface area contributed by atoms with Crippen molar-refractivity contribution in [1.82, 2.24) is 14.5 Å². The molecule has 7 heteroatoms. The number of carbonyl (C=O) groups is 1. The van der Waals surface area contributed by atoms with Gasteiger partial charge in [0.15, 0.2) is 11.5 Å². The molecular formula is C18H21N3O4. The largest absolute Gasteiger partial charge is 0.486 e. The van der Waals surface area contributed by atoms with Gasteiger partial charge in [0.25, 0.3) is 5.91 Å². The number of hydrogen-bond acceptors (Lipinski definition) is 5. The van der Waals surface area contributed by atoms with E-state index in [9.17, 15) is 9.90 Å². The van der Waals surface area contributed by atoms with Crippen molar-refractivity contribution in [2.75, 3.05) is 20.3 Å². The van der Waals surface area contributed by atoms with Crippen molar-refractivity contribution < 1.29 is 19.4 Å². The van der Waals surface area contributed by atoms with Crippen LogP contribution >= 0.6 is 0 Å². The van der Waals surface area contributed by atoms with Gasteiger partial charge in [0.2, 0.25) is 0 Å². The lowest BCUT2D eigenvalue weighted by Crippen LogP contribution is -2.43. The number of carbonyl (C=O) groups excluding carboxylic acids is 1. The van der Waals surface area contributed by atoms with Gasteiger partial charge in [0, 0.05) is 19.4 Å². The Hall–Kier alpha value is -2.54. The summed E-state index contributed by atoms with van der Waals surface area (Å²) in [5.41, 5.74) is 0.470. The first kappa shape index (κ1) is 16.0. The van der Waals surface area contributed by atoms with Crippen LogP contribution in [0.25, 0.3) is 0 Å². The molecule has 2 aromatic rings. The number of rotatable bonds is 3. The Bertz CT molecular complexity index is 762. The molecule has 3 atom stereocenters. The van der Waals surface area contributed by atoms with Gasteiger partial charge in [-0.25, -0.2) is 4.98 Å². The van der Waals surface area contributed by atoms with Gasteiger partial charge < -0.3 is 24.0 Å². The molecule has 1 aromatic heterocycles. The van der Waals surface area contributed by atoms with E-state index in [1.165, 1.54) is 0 Å². The summed E-state index contributed by atoms with van der Waals surface area (Å²) in [5.74, 6) is 0.913. The van der Waals surface area contributed by atoms with E-state index in [4.69, 9.17) is 9.47 Å². The Morgan fingerprint density at radius 1 is 1.32 bits per heavy atom. The maximum absolute atomic E-state index is 13.0. The van der Waals surface area contributed by atoms with Gasteiger partial charge in [-0.1, -0.05) is 6.07 Å². The van der Waals surface area contributed by atoms with Crippen LogP contribution in [0.5, 0.6) is 11.5 Å². The Balaban J connectivity index is 1.55. The van der Waals surface area contributed by atoms with Crippen molar-refractivity contribution in [3.8, 4) is 11.5 Å². The predicted octanol–water partition coefficient (Wildman–Crippen LogP) is 1.49. The topological polar surface area (TPSA) is 76.8 Å². The van der Waals surface area contributed by atoms with E-state index < -0.39 is 6.10 Å². The maximum atomic E-state index is 13.0. The number of imidazole rings is 1. The minimum Gasteiger partial charge on any atom is -0.486 e. The summed E-state index contributed by atoms with van der Waals surface area (Å²) >= 11 is 0. The van der Waals surface area contributed by atoms with Crippen molar-refractivity contribution >= 4 is 5.91 Å². The molecule has 0 unspecified atom stereocenters. The van der Waals surface area contributed by atoms with E-state index in [-0.39, 0.29) is 18.0 Å². The van der Waals surface area contributed by atoms with Crippen LogP contribution in [0.3, 0.4) is 0 Å². The van der Waals surface area contributed by atoms with E-state index in [1.54, 1.807) is 42.7 Å². The number of ether oxygens (including phenoxy) is 2. The van der Waals surface area contributed by atoms with Crippen LogP contribution in [0.2, 0.25) is 0 Å². The second-order valence-electron chi connectivity index (χ2n) is 6.46. The van der Waals surface area contributed by atoms with Crippen LogP contribution in [-0.2, 0) is 0 Å². The number of nitrogens with zero attached hydrogens (tertiary/aromatic N) is 3. The second kappa shape index (κ2) is 6.40. The van der Waals surface area contributed by atoms with Gasteiger partial charge in [-0.05, 0) is 25.0 Å². The molecule has 1 aliphatic carbocycles. The summed E-state index contributed by atoms with van der Waals surface area (Å²) in [6.07, 6.45) is 6.14. The highest BCUT2D eigenvalue weighted by Gasteiger charge is 2.40. The van der Waals surface area contributed by atoms with Crippen molar-refractivity contribution in [2.45, 2.75) is 31.0 Å². The van der Waals surface area contributed by atoms with Crippen molar-refractivity contribution in [1.29, 1.82) is 0 Å². The Morgan fingerprint density at radius 2 is 2.16 bits per heavy atom. The third-order valence-corrected chi connectivity index (χ3v) is 5.07. The number of aliphatic hydroxyl groups is 1. The SMILES string of the molecule is CN(C(=O)c1cccc2c1OCCO2)[C@@H]1CC[C@@H](n2ccnc2)[C@@H]1O. The molecule has 1 fully saturated rings. The minimum atomic E-state index is -0.639. The fraction of sp³-hybridized carbons (Fsp3) is 0.444. The monoisotopic (exact) mass is 343 g/mol. The fourth-order valence-corrected chi connectivity index (χ4v) is 3.74. The van der Waals surface area contributed by atoms with Gasteiger partial charge >= 0.3 is 0 Å². The predicted molar refractivity (Wildman–Crippen MR) is 89.8 cm³/mol. The summed E-state index contributed by atoms with van der Waals surface area (Å²) in [5, 5.41) is 10.7. The third-order valence-electron chi connectivity index (χ3n) is 5.07. The number of aromatic nitrogens is 2. The lowest BCUT2D eigenvalue weighted by molar-refractivity contribution is 0.0437. The Labute approximate surface area is 145 Å². The van der Waals surface area contributed by atoms with Crippen LogP contribution in [0.1, 0.15) is 29.2 Å². The highest BCUT2D eigenvalue weighted by atomic mass is 16.6. The Morgan fingerprint density at radius 3 is 2.96 bits per heavy atom. The molecule has 2 heterocycles. The smallest absolute Gasteiger partial charge is 0.257 e.